The number of fused-ring (bicyclic) bond motifs is 2. The molecule has 2 aromatic heterocycles. The van der Waals surface area contributed by atoms with Crippen LogP contribution in [0.15, 0.2) is 57.4 Å². The van der Waals surface area contributed by atoms with Crippen LogP contribution in [0.2, 0.25) is 0 Å². The molecule has 8 nitrogen and oxygen atoms in total. The van der Waals surface area contributed by atoms with Gasteiger partial charge in [-0.2, -0.15) is 0 Å². The lowest BCUT2D eigenvalue weighted by Crippen LogP contribution is -2.43. The second-order valence-electron chi connectivity index (χ2n) is 7.01. The molecular weight excluding hydrogens is 372 g/mol. The Labute approximate surface area is 166 Å². The van der Waals surface area contributed by atoms with Gasteiger partial charge in [0.05, 0.1) is 29.7 Å². The maximum atomic E-state index is 13.1. The van der Waals surface area contributed by atoms with Crippen LogP contribution in [0.3, 0.4) is 0 Å². The molecule has 8 heteroatoms. The van der Waals surface area contributed by atoms with Crippen LogP contribution >= 0.6 is 0 Å². The van der Waals surface area contributed by atoms with Gasteiger partial charge >= 0.3 is 11.7 Å². The third kappa shape index (κ3) is 2.75. The Morgan fingerprint density at radius 2 is 1.93 bits per heavy atom. The Kier molecular flexibility index (Phi) is 4.34. The highest BCUT2D eigenvalue weighted by atomic mass is 16.5. The average molecular weight is 392 g/mol. The number of carbonyl (C=O) groups is 1. The van der Waals surface area contributed by atoms with Crippen LogP contribution in [0.5, 0.6) is 0 Å². The third-order valence-electron chi connectivity index (χ3n) is 5.35. The number of pyridine rings is 1. The fourth-order valence-electron chi connectivity index (χ4n) is 3.88. The molecule has 1 aliphatic heterocycles. The first-order valence-electron chi connectivity index (χ1n) is 9.05. The quantitative estimate of drug-likeness (QED) is 0.666. The zero-order valence-electron chi connectivity index (χ0n) is 16.5. The topological polar surface area (TPSA) is 95.2 Å². The van der Waals surface area contributed by atoms with Gasteiger partial charge < -0.3 is 10.1 Å². The zero-order valence-corrected chi connectivity index (χ0v) is 16.5. The first-order valence-corrected chi connectivity index (χ1v) is 9.05. The smallest absolute Gasteiger partial charge is 0.336 e. The van der Waals surface area contributed by atoms with Crippen molar-refractivity contribution in [3.63, 3.8) is 0 Å². The molecule has 0 unspecified atom stereocenters. The molecule has 1 aromatic carbocycles. The first-order chi connectivity index (χ1) is 13.8. The van der Waals surface area contributed by atoms with Gasteiger partial charge in [-0.1, -0.05) is 12.1 Å². The van der Waals surface area contributed by atoms with E-state index in [1.807, 2.05) is 30.3 Å². The highest BCUT2D eigenvalue weighted by Gasteiger charge is 2.37. The van der Waals surface area contributed by atoms with E-state index in [9.17, 15) is 14.4 Å². The molecule has 0 radical (unpaired) electrons. The molecule has 1 N–H and O–H groups in total. The van der Waals surface area contributed by atoms with Crippen LogP contribution < -0.4 is 16.6 Å². The highest BCUT2D eigenvalue weighted by molar-refractivity contribution is 5.94. The highest BCUT2D eigenvalue weighted by Crippen LogP contribution is 2.40. The van der Waals surface area contributed by atoms with Crippen molar-refractivity contribution in [1.29, 1.82) is 0 Å². The third-order valence-corrected chi connectivity index (χ3v) is 5.35. The number of ether oxygens (including phenoxy) is 1. The molecule has 0 saturated carbocycles. The summed E-state index contributed by atoms with van der Waals surface area (Å²) in [6.07, 6.45) is 1.71. The molecule has 0 aliphatic carbocycles. The van der Waals surface area contributed by atoms with Crippen LogP contribution in [0.25, 0.3) is 10.9 Å². The molecule has 0 saturated heterocycles. The number of hydrogen-bond acceptors (Lipinski definition) is 6. The summed E-state index contributed by atoms with van der Waals surface area (Å²) in [5.41, 5.74) is 1.83. The van der Waals surface area contributed by atoms with Gasteiger partial charge in [-0.15, -0.1) is 0 Å². The molecule has 1 aliphatic rings. The Hall–Kier alpha value is -3.68. The second-order valence-corrected chi connectivity index (χ2v) is 7.01. The predicted octanol–water partition coefficient (Wildman–Crippen LogP) is 1.64. The van der Waals surface area contributed by atoms with Crippen LogP contribution in [0.1, 0.15) is 24.0 Å². The van der Waals surface area contributed by atoms with E-state index >= 15 is 0 Å². The van der Waals surface area contributed by atoms with Crippen LogP contribution in [0.4, 0.5) is 5.82 Å². The van der Waals surface area contributed by atoms with Crippen molar-refractivity contribution >= 4 is 22.7 Å². The summed E-state index contributed by atoms with van der Waals surface area (Å²) >= 11 is 0. The lowest BCUT2D eigenvalue weighted by molar-refractivity contribution is -0.136. The van der Waals surface area contributed by atoms with Gasteiger partial charge in [0.1, 0.15) is 5.82 Å². The van der Waals surface area contributed by atoms with E-state index in [0.717, 1.165) is 21.0 Å². The molecule has 1 atom stereocenters. The first kappa shape index (κ1) is 18.7. The number of hydrogen-bond donors (Lipinski definition) is 1. The summed E-state index contributed by atoms with van der Waals surface area (Å²) < 4.78 is 7.44. The number of methoxy groups -OCH3 is 1. The van der Waals surface area contributed by atoms with Crippen molar-refractivity contribution in [2.75, 3.05) is 12.4 Å². The van der Waals surface area contributed by atoms with E-state index in [0.29, 0.717) is 22.7 Å². The van der Waals surface area contributed by atoms with E-state index in [-0.39, 0.29) is 0 Å². The second kappa shape index (κ2) is 6.73. The number of rotatable bonds is 2. The fourth-order valence-corrected chi connectivity index (χ4v) is 3.88. The van der Waals surface area contributed by atoms with Crippen molar-refractivity contribution in [3.8, 4) is 0 Å². The zero-order chi connectivity index (χ0) is 20.9. The van der Waals surface area contributed by atoms with E-state index in [1.54, 1.807) is 20.2 Å². The number of allylic oxidation sites excluding steroid dienone is 1. The number of carbonyl (C=O) groups excluding carboxylic acids is 1. The molecule has 148 valence electrons. The monoisotopic (exact) mass is 392 g/mol. The lowest BCUT2D eigenvalue weighted by Gasteiger charge is -2.30. The minimum atomic E-state index is -0.686. The molecule has 29 heavy (non-hydrogen) atoms. The van der Waals surface area contributed by atoms with Crippen molar-refractivity contribution in [1.82, 2.24) is 14.1 Å². The molecule has 0 amide bonds. The molecule has 0 bridgehead atoms. The fraction of sp³-hybridized carbons (Fsp3) is 0.238. The van der Waals surface area contributed by atoms with Crippen molar-refractivity contribution in [2.45, 2.75) is 12.8 Å². The van der Waals surface area contributed by atoms with Crippen molar-refractivity contribution in [3.05, 3.63) is 79.8 Å². The van der Waals surface area contributed by atoms with Gasteiger partial charge in [-0.25, -0.2) is 9.59 Å². The van der Waals surface area contributed by atoms with E-state index in [4.69, 9.17) is 4.74 Å². The number of esters is 1. The summed E-state index contributed by atoms with van der Waals surface area (Å²) in [5.74, 6) is -0.846. The molecule has 4 rings (SSSR count). The summed E-state index contributed by atoms with van der Waals surface area (Å²) in [6, 6.07) is 9.34. The molecule has 3 aromatic rings. The van der Waals surface area contributed by atoms with Crippen LogP contribution in [-0.4, -0.2) is 27.2 Å². The number of anilines is 1. The summed E-state index contributed by atoms with van der Waals surface area (Å²) in [5, 5.41) is 3.94. The Morgan fingerprint density at radius 1 is 1.17 bits per heavy atom. The summed E-state index contributed by atoms with van der Waals surface area (Å²) in [7, 11) is 4.32. The van der Waals surface area contributed by atoms with E-state index < -0.39 is 23.1 Å². The Balaban J connectivity index is 2.09. The van der Waals surface area contributed by atoms with Gasteiger partial charge in [-0.3, -0.25) is 18.9 Å². The van der Waals surface area contributed by atoms with Gasteiger partial charge in [0, 0.05) is 31.4 Å². The maximum Gasteiger partial charge on any atom is 0.336 e. The van der Waals surface area contributed by atoms with Gasteiger partial charge in [-0.05, 0) is 30.7 Å². The van der Waals surface area contributed by atoms with Gasteiger partial charge in [0.2, 0.25) is 0 Å². The summed E-state index contributed by atoms with van der Waals surface area (Å²) in [4.78, 5) is 42.5. The lowest BCUT2D eigenvalue weighted by atomic mass is 9.82. The van der Waals surface area contributed by atoms with Gasteiger partial charge in [0.25, 0.3) is 5.56 Å². The molecular formula is C21H20N4O4. The Morgan fingerprint density at radius 3 is 2.66 bits per heavy atom. The molecule has 0 fully saturated rings. The van der Waals surface area contributed by atoms with Gasteiger partial charge in [0.15, 0.2) is 0 Å². The minimum absolute atomic E-state index is 0.323. The van der Waals surface area contributed by atoms with E-state index in [1.165, 1.54) is 18.7 Å². The Bertz CT molecular complexity index is 1320. The van der Waals surface area contributed by atoms with E-state index in [2.05, 4.69) is 10.3 Å². The van der Waals surface area contributed by atoms with Crippen molar-refractivity contribution in [2.24, 2.45) is 14.1 Å². The van der Waals surface area contributed by atoms with Crippen LogP contribution in [0, 0.1) is 0 Å². The molecule has 0 spiro atoms. The SMILES string of the molecule is COC(=O)C1=C(C)Nc2c(c(=O)n(C)c(=O)n2C)[C@H]1c1ccc2ncccc2c1. The average Bonchev–Trinajstić information content (AvgIpc) is 2.74. The number of nitrogens with zero attached hydrogens (tertiary/aromatic N) is 3. The minimum Gasteiger partial charge on any atom is -0.466 e. The number of nitrogens with one attached hydrogen (secondary N) is 1. The molecule has 3 heterocycles. The largest absolute Gasteiger partial charge is 0.466 e. The maximum absolute atomic E-state index is 13.1. The van der Waals surface area contributed by atoms with Crippen LogP contribution in [-0.2, 0) is 23.6 Å². The predicted molar refractivity (Wildman–Crippen MR) is 109 cm³/mol. The van der Waals surface area contributed by atoms with Crippen molar-refractivity contribution < 1.29 is 9.53 Å². The normalized spacial score (nSPS) is 15.8. The number of aromatic nitrogens is 3. The summed E-state index contributed by atoms with van der Waals surface area (Å²) in [6.45, 7) is 1.73. The number of benzene rings is 1. The standard InChI is InChI=1S/C21H20N4O4/c1-11-15(20(27)29-4)16(13-7-8-14-12(10-13)6-5-9-22-14)17-18(23-11)24(2)21(28)25(3)19(17)26/h5-10,16,23H,1-4H3/t16-/m0/s1.